The van der Waals surface area contributed by atoms with Crippen LogP contribution in [-0.2, 0) is 0 Å². The summed E-state index contributed by atoms with van der Waals surface area (Å²) in [5, 5.41) is 0. The Kier molecular flexibility index (Phi) is 24.3. The second-order valence-corrected chi connectivity index (χ2v) is 5.73. The third-order valence-corrected chi connectivity index (χ3v) is 3.83. The van der Waals surface area contributed by atoms with Gasteiger partial charge >= 0.3 is 0 Å². The van der Waals surface area contributed by atoms with Crippen molar-refractivity contribution in [2.75, 3.05) is 18.2 Å². The number of rotatable bonds is 9. The summed E-state index contributed by atoms with van der Waals surface area (Å²) >= 11 is 5.38. The van der Waals surface area contributed by atoms with Gasteiger partial charge in [-0.2, -0.15) is 0 Å². The fourth-order valence-corrected chi connectivity index (χ4v) is 2.72. The van der Waals surface area contributed by atoms with Crippen molar-refractivity contribution in [3.05, 3.63) is 0 Å². The first-order chi connectivity index (χ1) is 7.33. The van der Waals surface area contributed by atoms with Gasteiger partial charge in [0.2, 0.25) is 0 Å². The van der Waals surface area contributed by atoms with Crippen molar-refractivity contribution in [2.24, 2.45) is 0 Å². The molecule has 0 aromatic carbocycles. The minimum absolute atomic E-state index is 0.827. The van der Waals surface area contributed by atoms with Crippen LogP contribution < -0.4 is 0 Å². The fourth-order valence-electron chi connectivity index (χ4n) is 1.07. The molecule has 0 aliphatic heterocycles. The molecule has 0 aliphatic carbocycles. The topological polar surface area (TPSA) is 0 Å². The highest BCUT2D eigenvalue weighted by atomic mass is 35.5. The summed E-state index contributed by atoms with van der Waals surface area (Å²) in [6.45, 7) is 6.71. The van der Waals surface area contributed by atoms with Crippen LogP contribution in [0.5, 0.6) is 0 Å². The number of alkyl halides is 1. The van der Waals surface area contributed by atoms with Gasteiger partial charge in [0, 0.05) is 5.88 Å². The van der Waals surface area contributed by atoms with Gasteiger partial charge in [-0.25, -0.2) is 0 Å². The van der Waals surface area contributed by atoms with Crippen molar-refractivity contribution in [1.82, 2.24) is 0 Å². The highest BCUT2D eigenvalue weighted by Crippen LogP contribution is 2.14. The summed E-state index contributed by atoms with van der Waals surface area (Å²) in [5.41, 5.74) is 0. The SMILES string of the molecule is CCCCCCl.CCCCPCCCC. The molecule has 0 aromatic rings. The zero-order chi connectivity index (χ0) is 11.8. The van der Waals surface area contributed by atoms with Gasteiger partial charge in [-0.15, -0.1) is 20.2 Å². The lowest BCUT2D eigenvalue weighted by molar-refractivity contribution is 0.776. The highest BCUT2D eigenvalue weighted by molar-refractivity contribution is 7.37. The maximum Gasteiger partial charge on any atom is 0.0223 e. The molecule has 0 rings (SSSR count). The molecule has 0 radical (unpaired) electrons. The quantitative estimate of drug-likeness (QED) is 0.281. The van der Waals surface area contributed by atoms with Gasteiger partial charge < -0.3 is 0 Å². The van der Waals surface area contributed by atoms with Crippen LogP contribution in [0.1, 0.15) is 65.7 Å². The van der Waals surface area contributed by atoms with E-state index in [1.165, 1.54) is 65.9 Å². The van der Waals surface area contributed by atoms with Gasteiger partial charge in [0.25, 0.3) is 0 Å². The zero-order valence-electron chi connectivity index (χ0n) is 10.9. The van der Waals surface area contributed by atoms with Crippen LogP contribution in [0.15, 0.2) is 0 Å². The Labute approximate surface area is 104 Å². The molecule has 15 heavy (non-hydrogen) atoms. The van der Waals surface area contributed by atoms with Crippen LogP contribution in [0.4, 0.5) is 0 Å². The van der Waals surface area contributed by atoms with Gasteiger partial charge in [-0.05, 0) is 31.6 Å². The predicted octanol–water partition coefficient (Wildman–Crippen LogP) is 5.68. The van der Waals surface area contributed by atoms with Crippen LogP contribution in [0.25, 0.3) is 0 Å². The van der Waals surface area contributed by atoms with E-state index >= 15 is 0 Å². The number of halogens is 1. The molecule has 0 saturated heterocycles. The summed E-state index contributed by atoms with van der Waals surface area (Å²) in [5.74, 6) is 0.827. The molecular formula is C13H30ClP. The van der Waals surface area contributed by atoms with E-state index in [0.717, 1.165) is 5.88 Å². The Balaban J connectivity index is 0. The fraction of sp³-hybridized carbons (Fsp3) is 1.00. The maximum absolute atomic E-state index is 5.38. The first-order valence-electron chi connectivity index (χ1n) is 6.60. The first kappa shape index (κ1) is 18.1. The molecule has 0 atom stereocenters. The number of hydrogen-bond donors (Lipinski definition) is 0. The smallest absolute Gasteiger partial charge is 0.0223 e. The monoisotopic (exact) mass is 252 g/mol. The molecule has 0 spiro atoms. The average Bonchev–Trinajstić information content (AvgIpc) is 2.27. The summed E-state index contributed by atoms with van der Waals surface area (Å²) < 4.78 is 0. The van der Waals surface area contributed by atoms with E-state index in [1.807, 2.05) is 0 Å². The molecule has 0 aromatic heterocycles. The third kappa shape index (κ3) is 25.2. The van der Waals surface area contributed by atoms with Crippen LogP contribution >= 0.6 is 20.2 Å². The minimum atomic E-state index is 0.827. The molecule has 0 aliphatic rings. The highest BCUT2D eigenvalue weighted by Gasteiger charge is 1.85. The van der Waals surface area contributed by atoms with Gasteiger partial charge in [-0.3, -0.25) is 0 Å². The maximum atomic E-state index is 5.38. The van der Waals surface area contributed by atoms with Gasteiger partial charge in [-0.1, -0.05) is 46.5 Å². The lowest BCUT2D eigenvalue weighted by Gasteiger charge is -1.96. The molecule has 0 unspecified atom stereocenters. The average molecular weight is 253 g/mol. The largest absolute Gasteiger partial charge is 0.127 e. The van der Waals surface area contributed by atoms with E-state index in [-0.39, 0.29) is 0 Å². The van der Waals surface area contributed by atoms with Crippen molar-refractivity contribution in [3.8, 4) is 0 Å². The van der Waals surface area contributed by atoms with Crippen LogP contribution in [0, 0.1) is 0 Å². The summed E-state index contributed by atoms with van der Waals surface area (Å²) in [7, 11) is 1.25. The molecule has 0 bridgehead atoms. The van der Waals surface area contributed by atoms with E-state index in [0.29, 0.717) is 0 Å². The Morgan fingerprint density at radius 1 is 0.733 bits per heavy atom. The van der Waals surface area contributed by atoms with Crippen LogP contribution in [0.3, 0.4) is 0 Å². The molecular weight excluding hydrogens is 223 g/mol. The van der Waals surface area contributed by atoms with Gasteiger partial charge in [0.15, 0.2) is 0 Å². The third-order valence-electron chi connectivity index (χ3n) is 2.15. The molecule has 0 N–H and O–H groups in total. The van der Waals surface area contributed by atoms with Gasteiger partial charge in [0.1, 0.15) is 0 Å². The van der Waals surface area contributed by atoms with Crippen molar-refractivity contribution < 1.29 is 0 Å². The predicted molar refractivity (Wildman–Crippen MR) is 78.1 cm³/mol. The Morgan fingerprint density at radius 2 is 1.20 bits per heavy atom. The molecule has 0 heterocycles. The second-order valence-electron chi connectivity index (χ2n) is 3.85. The molecule has 94 valence electrons. The molecule has 0 fully saturated rings. The molecule has 0 amide bonds. The van der Waals surface area contributed by atoms with E-state index < -0.39 is 0 Å². The lowest BCUT2D eigenvalue weighted by atomic mass is 10.3. The van der Waals surface area contributed by atoms with Gasteiger partial charge in [0.05, 0.1) is 0 Å². The normalized spacial score (nSPS) is 9.60. The molecule has 0 saturated carbocycles. The molecule has 2 heteroatoms. The van der Waals surface area contributed by atoms with E-state index in [4.69, 9.17) is 11.6 Å². The number of hydrogen-bond acceptors (Lipinski definition) is 0. The van der Waals surface area contributed by atoms with E-state index in [2.05, 4.69) is 20.8 Å². The summed E-state index contributed by atoms with van der Waals surface area (Å²) in [6, 6.07) is 0. The lowest BCUT2D eigenvalue weighted by Crippen LogP contribution is -1.78. The van der Waals surface area contributed by atoms with Crippen molar-refractivity contribution in [3.63, 3.8) is 0 Å². The van der Waals surface area contributed by atoms with Crippen LogP contribution in [0.2, 0.25) is 0 Å². The Bertz CT molecular complexity index is 76.6. The van der Waals surface area contributed by atoms with Crippen LogP contribution in [-0.4, -0.2) is 18.2 Å². The Morgan fingerprint density at radius 3 is 1.47 bits per heavy atom. The van der Waals surface area contributed by atoms with Crippen molar-refractivity contribution in [2.45, 2.75) is 65.7 Å². The minimum Gasteiger partial charge on any atom is -0.127 e. The summed E-state index contributed by atoms with van der Waals surface area (Å²) in [6.07, 6.45) is 12.3. The first-order valence-corrected chi connectivity index (χ1v) is 8.54. The summed E-state index contributed by atoms with van der Waals surface area (Å²) in [4.78, 5) is 0. The van der Waals surface area contributed by atoms with E-state index in [1.54, 1.807) is 0 Å². The number of unbranched alkanes of at least 4 members (excludes halogenated alkanes) is 4. The van der Waals surface area contributed by atoms with E-state index in [9.17, 15) is 0 Å². The Hall–Kier alpha value is 0.720. The second kappa shape index (κ2) is 20.2. The standard InChI is InChI=1S/C8H19P.C5H11Cl/c1-3-5-7-9-8-6-4-2;1-2-3-4-5-6/h9H,3-8H2,1-2H3;2-5H2,1H3. The van der Waals surface area contributed by atoms with Crippen molar-refractivity contribution >= 4 is 20.2 Å². The van der Waals surface area contributed by atoms with Crippen molar-refractivity contribution in [1.29, 1.82) is 0 Å². The zero-order valence-corrected chi connectivity index (χ0v) is 12.7. The molecule has 0 nitrogen and oxygen atoms in total.